The second-order valence-corrected chi connectivity index (χ2v) is 14.2. The van der Waals surface area contributed by atoms with Crippen LogP contribution in [0.5, 0.6) is 0 Å². The number of aromatic nitrogens is 2. The van der Waals surface area contributed by atoms with Crippen LogP contribution >= 0.6 is 0 Å². The van der Waals surface area contributed by atoms with Gasteiger partial charge in [0.1, 0.15) is 24.6 Å². The molecule has 2 fully saturated rings. The van der Waals surface area contributed by atoms with E-state index in [4.69, 9.17) is 9.47 Å². The summed E-state index contributed by atoms with van der Waals surface area (Å²) in [6.07, 6.45) is 7.02. The number of halogens is 1. The number of amides is 2. The number of aliphatic hydroxyl groups is 2. The number of rotatable bonds is 8. The summed E-state index contributed by atoms with van der Waals surface area (Å²) in [7, 11) is 0. The molecule has 0 spiro atoms. The number of carbonyl (C=O) groups is 3. The number of nitrogens with zero attached hydrogens (tertiary/aromatic N) is 6. The summed E-state index contributed by atoms with van der Waals surface area (Å²) < 4.78 is 28.6. The minimum atomic E-state index is -0.915. The zero-order valence-corrected chi connectivity index (χ0v) is 30.5. The molecule has 1 aromatic carbocycles. The first-order valence-electron chi connectivity index (χ1n) is 18.3. The summed E-state index contributed by atoms with van der Waals surface area (Å²) in [5.41, 5.74) is 1.98. The molecule has 5 rings (SSSR count). The Kier molecular flexibility index (Phi) is 13.8. The Morgan fingerprint density at radius 2 is 1.75 bits per heavy atom. The Bertz CT molecular complexity index is 1550. The summed E-state index contributed by atoms with van der Waals surface area (Å²) in [5.74, 6) is -1.41. The highest BCUT2D eigenvalue weighted by Gasteiger charge is 2.30. The van der Waals surface area contributed by atoms with E-state index in [1.807, 2.05) is 43.9 Å². The molecule has 13 nitrogen and oxygen atoms in total. The number of anilines is 1. The molecule has 2 saturated heterocycles. The number of aliphatic hydroxyl groups excluding tert-OH is 2. The van der Waals surface area contributed by atoms with E-state index in [0.717, 1.165) is 0 Å². The predicted octanol–water partition coefficient (Wildman–Crippen LogP) is 3.17. The minimum Gasteiger partial charge on any atom is -0.457 e. The van der Waals surface area contributed by atoms with Gasteiger partial charge in [-0.25, -0.2) is 9.18 Å². The molecule has 2 N–H and O–H groups in total. The molecule has 2 amide bonds. The summed E-state index contributed by atoms with van der Waals surface area (Å²) in [6, 6.07) is 6.57. The summed E-state index contributed by atoms with van der Waals surface area (Å²) in [5, 5.41) is 24.0. The Morgan fingerprint density at radius 3 is 2.44 bits per heavy atom. The topological polar surface area (TPSA) is 141 Å². The molecular formula is C38H53FN6O7. The van der Waals surface area contributed by atoms with Gasteiger partial charge in [-0.15, -0.1) is 0 Å². The molecule has 3 aliphatic rings. The number of carbonyl (C=O) groups excluding carboxylic acids is 3. The number of benzene rings is 1. The van der Waals surface area contributed by atoms with Gasteiger partial charge in [-0.3, -0.25) is 19.2 Å². The van der Waals surface area contributed by atoms with Crippen molar-refractivity contribution in [1.82, 2.24) is 24.5 Å². The van der Waals surface area contributed by atoms with Gasteiger partial charge >= 0.3 is 12.1 Å². The lowest BCUT2D eigenvalue weighted by Gasteiger charge is -2.36. The van der Waals surface area contributed by atoms with Crippen LogP contribution in [0.25, 0.3) is 6.08 Å². The van der Waals surface area contributed by atoms with Crippen LogP contribution in [-0.4, -0.2) is 136 Å². The number of esters is 1. The van der Waals surface area contributed by atoms with E-state index in [1.54, 1.807) is 39.0 Å². The van der Waals surface area contributed by atoms with Gasteiger partial charge in [0.2, 0.25) is 5.91 Å². The maximum Gasteiger partial charge on any atom is 0.410 e. The fourth-order valence-electron chi connectivity index (χ4n) is 6.99. The second kappa shape index (κ2) is 18.5. The molecule has 52 heavy (non-hydrogen) atoms. The second-order valence-electron chi connectivity index (χ2n) is 14.2. The molecule has 14 heteroatoms. The highest BCUT2D eigenvalue weighted by atomic mass is 19.1. The van der Waals surface area contributed by atoms with Crippen molar-refractivity contribution in [2.75, 3.05) is 70.4 Å². The van der Waals surface area contributed by atoms with Gasteiger partial charge in [0.15, 0.2) is 0 Å². The van der Waals surface area contributed by atoms with Crippen LogP contribution in [-0.2, 0) is 25.6 Å². The summed E-state index contributed by atoms with van der Waals surface area (Å²) >= 11 is 0. The number of hydrogen-bond donors (Lipinski definition) is 2. The average Bonchev–Trinajstić information content (AvgIpc) is 3.64. The van der Waals surface area contributed by atoms with Crippen molar-refractivity contribution in [2.24, 2.45) is 11.8 Å². The van der Waals surface area contributed by atoms with E-state index in [0.29, 0.717) is 88.6 Å². The van der Waals surface area contributed by atoms with Crippen LogP contribution in [0.15, 0.2) is 54.4 Å². The third-order valence-electron chi connectivity index (χ3n) is 10.1. The zero-order valence-electron chi connectivity index (χ0n) is 30.5. The van der Waals surface area contributed by atoms with Gasteiger partial charge in [0.25, 0.3) is 0 Å². The highest BCUT2D eigenvalue weighted by molar-refractivity contribution is 5.76. The monoisotopic (exact) mass is 724 g/mol. The lowest BCUT2D eigenvalue weighted by molar-refractivity contribution is -0.151. The van der Waals surface area contributed by atoms with E-state index >= 15 is 4.39 Å². The maximum absolute atomic E-state index is 15.0. The van der Waals surface area contributed by atoms with Crippen molar-refractivity contribution in [3.63, 3.8) is 0 Å². The van der Waals surface area contributed by atoms with Crippen molar-refractivity contribution < 1.29 is 38.5 Å². The minimum absolute atomic E-state index is 0.0172. The van der Waals surface area contributed by atoms with Crippen molar-refractivity contribution in [1.29, 1.82) is 0 Å². The molecule has 0 radical (unpaired) electrons. The van der Waals surface area contributed by atoms with E-state index in [-0.39, 0.29) is 37.3 Å². The van der Waals surface area contributed by atoms with Gasteiger partial charge in [-0.05, 0) is 67.2 Å². The van der Waals surface area contributed by atoms with Crippen LogP contribution in [0, 0.1) is 17.7 Å². The fourth-order valence-corrected chi connectivity index (χ4v) is 6.99. The first-order chi connectivity index (χ1) is 25.0. The highest BCUT2D eigenvalue weighted by Crippen LogP contribution is 2.28. The summed E-state index contributed by atoms with van der Waals surface area (Å²) in [4.78, 5) is 46.6. The van der Waals surface area contributed by atoms with Gasteiger partial charge < -0.3 is 34.4 Å². The van der Waals surface area contributed by atoms with Crippen LogP contribution in [0.4, 0.5) is 14.9 Å². The molecule has 0 aliphatic carbocycles. The van der Waals surface area contributed by atoms with E-state index in [9.17, 15) is 24.6 Å². The standard InChI is InChI=1S/C38H53FN6O7/c1-27-5-7-33(47)25-36(49)52-37(28(2)6-8-34(27)51-38(50)44-13-11-41(12-14-44)19-20-46)29(3)21-30-22-31(39)24-32(23-30)42-15-17-43(18-16-42)35(48)26-45-10-4-9-40-45/h4,6,8-10,21-24,27-28,33-34,37,46-47H,5,7,11-20,25-26H2,1-3H3/b8-6-,29-21+/t27-,28-,33+,34-,37-/m0/s1. The molecular weight excluding hydrogens is 671 g/mol. The lowest BCUT2D eigenvalue weighted by Crippen LogP contribution is -2.50. The number of hydrogen-bond acceptors (Lipinski definition) is 10. The average molecular weight is 725 g/mol. The molecule has 284 valence electrons. The third kappa shape index (κ3) is 10.9. The van der Waals surface area contributed by atoms with Gasteiger partial charge in [0.05, 0.1) is 19.1 Å². The zero-order chi connectivity index (χ0) is 37.2. The van der Waals surface area contributed by atoms with Crippen molar-refractivity contribution in [3.05, 3.63) is 65.8 Å². The lowest BCUT2D eigenvalue weighted by atomic mass is 9.91. The van der Waals surface area contributed by atoms with Gasteiger partial charge in [-0.1, -0.05) is 26.0 Å². The van der Waals surface area contributed by atoms with E-state index in [1.165, 1.54) is 12.1 Å². The van der Waals surface area contributed by atoms with Gasteiger partial charge in [-0.2, -0.15) is 5.10 Å². The number of cyclic esters (lactones) is 1. The molecule has 0 bridgehead atoms. The Morgan fingerprint density at radius 1 is 1.02 bits per heavy atom. The maximum atomic E-state index is 15.0. The van der Waals surface area contributed by atoms with Crippen LogP contribution in [0.1, 0.15) is 45.6 Å². The molecule has 3 aliphatic heterocycles. The van der Waals surface area contributed by atoms with Gasteiger partial charge in [0, 0.05) is 82.9 Å². The fraction of sp³-hybridized carbons (Fsp3) is 0.579. The predicted molar refractivity (Wildman–Crippen MR) is 194 cm³/mol. The first-order valence-corrected chi connectivity index (χ1v) is 18.3. The Balaban J connectivity index is 1.28. The number of β-amino-alcohol motifs (C(OH)–C–C–N with tert-alkyl or cyclic N) is 1. The SMILES string of the molecule is C/C(=C\c1cc(F)cc(N2CCN(C(=O)Cn3cccn3)CC2)c1)[C@H]1OC(=O)C[C@H](O)CC[C@H](C)[C@@H](OC(=O)N2CCN(CCO)CC2)/C=C\[C@@H]1C. The number of piperazine rings is 2. The van der Waals surface area contributed by atoms with E-state index in [2.05, 4.69) is 10.00 Å². The summed E-state index contributed by atoms with van der Waals surface area (Å²) in [6.45, 7) is 10.9. The first kappa shape index (κ1) is 38.9. The van der Waals surface area contributed by atoms with Crippen molar-refractivity contribution >= 4 is 29.7 Å². The molecule has 1 aromatic heterocycles. The van der Waals surface area contributed by atoms with E-state index < -0.39 is 36.2 Å². The molecule has 2 aromatic rings. The quantitative estimate of drug-likeness (QED) is 0.308. The van der Waals surface area contributed by atoms with Crippen molar-refractivity contribution in [3.8, 4) is 0 Å². The largest absolute Gasteiger partial charge is 0.457 e. The number of ether oxygens (including phenoxy) is 2. The molecule has 4 heterocycles. The smallest absolute Gasteiger partial charge is 0.410 e. The molecule has 0 saturated carbocycles. The van der Waals surface area contributed by atoms with Crippen molar-refractivity contribution in [2.45, 2.75) is 64.9 Å². The third-order valence-corrected chi connectivity index (χ3v) is 10.1. The normalized spacial score (nSPS) is 26.3. The van der Waals surface area contributed by atoms with Crippen LogP contribution in [0.2, 0.25) is 0 Å². The Hall–Kier alpha value is -4.27. The van der Waals surface area contributed by atoms with Crippen LogP contribution < -0.4 is 4.90 Å². The Labute approximate surface area is 305 Å². The van der Waals surface area contributed by atoms with Crippen LogP contribution in [0.3, 0.4) is 0 Å². The molecule has 0 unspecified atom stereocenters. The molecule has 5 atom stereocenters.